The number of para-hydroxylation sites is 1. The van der Waals surface area contributed by atoms with Crippen molar-refractivity contribution >= 4 is 33.3 Å². The molecule has 1 fully saturated rings. The second kappa shape index (κ2) is 11.1. The molecule has 1 amide bonds. The minimum atomic E-state index is -3.51. The molecule has 2 N–H and O–H groups in total. The zero-order chi connectivity index (χ0) is 23.0. The van der Waals surface area contributed by atoms with Crippen LogP contribution in [0.2, 0.25) is 0 Å². The van der Waals surface area contributed by atoms with Crippen molar-refractivity contribution in [3.63, 3.8) is 0 Å². The molecular weight excluding hydrogens is 430 g/mol. The molecule has 0 radical (unpaired) electrons. The highest BCUT2D eigenvalue weighted by Gasteiger charge is 2.25. The number of benzene rings is 2. The van der Waals surface area contributed by atoms with E-state index in [9.17, 15) is 18.0 Å². The fraction of sp³-hybridized carbons (Fsp3) is 0.391. The predicted octanol–water partition coefficient (Wildman–Crippen LogP) is 3.48. The van der Waals surface area contributed by atoms with E-state index < -0.39 is 16.0 Å². The number of carbonyl (C=O) groups is 2. The molecule has 1 aliphatic rings. The maximum absolute atomic E-state index is 12.9. The van der Waals surface area contributed by atoms with Crippen LogP contribution in [0.25, 0.3) is 0 Å². The summed E-state index contributed by atoms with van der Waals surface area (Å²) in [5.74, 6) is -0.847. The third-order valence-electron chi connectivity index (χ3n) is 5.21. The topological polar surface area (TPSA) is 105 Å². The first kappa shape index (κ1) is 23.7. The van der Waals surface area contributed by atoms with E-state index in [0.29, 0.717) is 24.5 Å². The Morgan fingerprint density at radius 2 is 1.62 bits per heavy atom. The number of ether oxygens (including phenoxy) is 1. The van der Waals surface area contributed by atoms with E-state index in [2.05, 4.69) is 10.6 Å². The lowest BCUT2D eigenvalue weighted by molar-refractivity contribution is -0.114. The maximum atomic E-state index is 12.9. The van der Waals surface area contributed by atoms with Crippen LogP contribution in [-0.4, -0.2) is 50.8 Å². The first-order valence-electron chi connectivity index (χ1n) is 10.8. The summed E-state index contributed by atoms with van der Waals surface area (Å²) in [5.41, 5.74) is 1.27. The molecule has 0 aromatic heterocycles. The summed E-state index contributed by atoms with van der Waals surface area (Å²) in [6.45, 7) is 3.01. The van der Waals surface area contributed by atoms with E-state index in [4.69, 9.17) is 4.74 Å². The third kappa shape index (κ3) is 6.08. The van der Waals surface area contributed by atoms with Crippen molar-refractivity contribution in [3.05, 3.63) is 54.1 Å². The fourth-order valence-corrected chi connectivity index (χ4v) is 5.05. The summed E-state index contributed by atoms with van der Waals surface area (Å²) in [4.78, 5) is 24.6. The average molecular weight is 460 g/mol. The molecule has 2 aromatic rings. The maximum Gasteiger partial charge on any atom is 0.340 e. The monoisotopic (exact) mass is 459 g/mol. The number of nitrogens with one attached hydrogen (secondary N) is 2. The minimum absolute atomic E-state index is 0.0462. The summed E-state index contributed by atoms with van der Waals surface area (Å²) in [6, 6.07) is 13.0. The largest absolute Gasteiger partial charge is 0.462 e. The number of amides is 1. The fourth-order valence-electron chi connectivity index (χ4n) is 3.53. The molecule has 0 saturated carbocycles. The van der Waals surface area contributed by atoms with Crippen LogP contribution in [0, 0.1) is 0 Å². The van der Waals surface area contributed by atoms with Crippen LogP contribution >= 0.6 is 0 Å². The predicted molar refractivity (Wildman–Crippen MR) is 123 cm³/mol. The molecule has 0 atom stereocenters. The lowest BCUT2D eigenvalue weighted by Gasteiger charge is -2.20. The first-order valence-corrected chi connectivity index (χ1v) is 12.3. The molecule has 0 bridgehead atoms. The number of anilines is 2. The van der Waals surface area contributed by atoms with Gasteiger partial charge in [0, 0.05) is 18.8 Å². The van der Waals surface area contributed by atoms with Gasteiger partial charge in [-0.2, -0.15) is 4.31 Å². The van der Waals surface area contributed by atoms with Crippen molar-refractivity contribution in [1.82, 2.24) is 4.31 Å². The van der Waals surface area contributed by atoms with Crippen LogP contribution in [0.4, 0.5) is 11.4 Å². The van der Waals surface area contributed by atoms with Gasteiger partial charge in [0.05, 0.1) is 29.3 Å². The van der Waals surface area contributed by atoms with Crippen molar-refractivity contribution in [2.45, 2.75) is 37.5 Å². The van der Waals surface area contributed by atoms with Gasteiger partial charge in [-0.15, -0.1) is 0 Å². The van der Waals surface area contributed by atoms with Crippen molar-refractivity contribution in [2.75, 3.05) is 36.9 Å². The SMILES string of the molecule is CCOC(=O)c1ccccc1NC(=O)CNc1ccc(S(=O)(=O)N2CCCCCC2)cc1. The molecule has 1 aliphatic heterocycles. The van der Waals surface area contributed by atoms with E-state index in [1.165, 1.54) is 0 Å². The Labute approximate surface area is 189 Å². The number of hydrogen-bond acceptors (Lipinski definition) is 6. The standard InChI is InChI=1S/C23H29N3O5S/c1-2-31-23(28)20-9-5-6-10-21(20)25-22(27)17-24-18-11-13-19(14-12-18)32(29,30)26-15-7-3-4-8-16-26/h5-6,9-14,24H,2-4,7-8,15-17H2,1H3,(H,25,27). The van der Waals surface area contributed by atoms with Gasteiger partial charge in [-0.1, -0.05) is 25.0 Å². The number of carbonyl (C=O) groups excluding carboxylic acids is 2. The second-order valence-electron chi connectivity index (χ2n) is 7.51. The van der Waals surface area contributed by atoms with Gasteiger partial charge < -0.3 is 15.4 Å². The van der Waals surface area contributed by atoms with E-state index in [-0.39, 0.29) is 29.5 Å². The van der Waals surface area contributed by atoms with Gasteiger partial charge in [-0.25, -0.2) is 13.2 Å². The molecule has 2 aromatic carbocycles. The van der Waals surface area contributed by atoms with Gasteiger partial charge in [0.2, 0.25) is 15.9 Å². The molecule has 32 heavy (non-hydrogen) atoms. The quantitative estimate of drug-likeness (QED) is 0.586. The van der Waals surface area contributed by atoms with E-state index in [0.717, 1.165) is 25.7 Å². The van der Waals surface area contributed by atoms with Crippen LogP contribution in [0.3, 0.4) is 0 Å². The Hall–Kier alpha value is -2.91. The number of nitrogens with zero attached hydrogens (tertiary/aromatic N) is 1. The van der Waals surface area contributed by atoms with Gasteiger partial charge >= 0.3 is 5.97 Å². The third-order valence-corrected chi connectivity index (χ3v) is 7.12. The van der Waals surface area contributed by atoms with Crippen LogP contribution in [-0.2, 0) is 19.6 Å². The zero-order valence-corrected chi connectivity index (χ0v) is 19.0. The van der Waals surface area contributed by atoms with E-state index in [1.807, 2.05) is 0 Å². The zero-order valence-electron chi connectivity index (χ0n) is 18.2. The summed E-state index contributed by atoms with van der Waals surface area (Å²) in [7, 11) is -3.51. The first-order chi connectivity index (χ1) is 15.4. The van der Waals surface area contributed by atoms with Crippen LogP contribution < -0.4 is 10.6 Å². The molecule has 3 rings (SSSR count). The molecule has 0 aliphatic carbocycles. The molecule has 0 unspecified atom stereocenters. The molecule has 9 heteroatoms. The van der Waals surface area contributed by atoms with Crippen molar-refractivity contribution in [2.24, 2.45) is 0 Å². The summed E-state index contributed by atoms with van der Waals surface area (Å²) in [5, 5.41) is 5.67. The number of esters is 1. The van der Waals surface area contributed by atoms with Gasteiger partial charge in [-0.05, 0) is 56.2 Å². The molecule has 0 spiro atoms. The molecule has 1 heterocycles. The highest BCUT2D eigenvalue weighted by molar-refractivity contribution is 7.89. The Morgan fingerprint density at radius 3 is 2.28 bits per heavy atom. The lowest BCUT2D eigenvalue weighted by atomic mass is 10.2. The number of rotatable bonds is 8. The number of sulfonamides is 1. The van der Waals surface area contributed by atoms with Crippen molar-refractivity contribution < 1.29 is 22.7 Å². The van der Waals surface area contributed by atoms with Gasteiger partial charge in [0.1, 0.15) is 0 Å². The average Bonchev–Trinajstić information content (AvgIpc) is 3.09. The summed E-state index contributed by atoms with van der Waals surface area (Å²) >= 11 is 0. The number of hydrogen-bond donors (Lipinski definition) is 2. The minimum Gasteiger partial charge on any atom is -0.462 e. The highest BCUT2D eigenvalue weighted by atomic mass is 32.2. The summed E-state index contributed by atoms with van der Waals surface area (Å²) < 4.78 is 32.3. The van der Waals surface area contributed by atoms with Crippen LogP contribution in [0.5, 0.6) is 0 Å². The lowest BCUT2D eigenvalue weighted by Crippen LogP contribution is -2.31. The molecule has 8 nitrogen and oxygen atoms in total. The Bertz CT molecular complexity index is 1030. The second-order valence-corrected chi connectivity index (χ2v) is 9.45. The van der Waals surface area contributed by atoms with Gasteiger partial charge in [-0.3, -0.25) is 4.79 Å². The molecule has 172 valence electrons. The van der Waals surface area contributed by atoms with Crippen molar-refractivity contribution in [1.29, 1.82) is 0 Å². The molecular formula is C23H29N3O5S. The van der Waals surface area contributed by atoms with Crippen LogP contribution in [0.15, 0.2) is 53.4 Å². The normalized spacial score (nSPS) is 14.9. The molecule has 1 saturated heterocycles. The Balaban J connectivity index is 1.59. The van der Waals surface area contributed by atoms with E-state index in [1.54, 1.807) is 59.8 Å². The smallest absolute Gasteiger partial charge is 0.340 e. The van der Waals surface area contributed by atoms with Gasteiger partial charge in [0.15, 0.2) is 0 Å². The van der Waals surface area contributed by atoms with Crippen LogP contribution in [0.1, 0.15) is 43.0 Å². The Kier molecular flexibility index (Phi) is 8.24. The van der Waals surface area contributed by atoms with Gasteiger partial charge in [0.25, 0.3) is 0 Å². The van der Waals surface area contributed by atoms with E-state index >= 15 is 0 Å². The summed E-state index contributed by atoms with van der Waals surface area (Å²) in [6.07, 6.45) is 3.88. The Morgan fingerprint density at radius 1 is 0.969 bits per heavy atom. The van der Waals surface area contributed by atoms with Crippen molar-refractivity contribution in [3.8, 4) is 0 Å². The highest BCUT2D eigenvalue weighted by Crippen LogP contribution is 2.22.